The second-order valence-electron chi connectivity index (χ2n) is 5.65. The fourth-order valence-corrected chi connectivity index (χ4v) is 2.74. The first-order chi connectivity index (χ1) is 8.11. The normalized spacial score (nSPS) is 20.4. The Morgan fingerprint density at radius 3 is 2.59 bits per heavy atom. The van der Waals surface area contributed by atoms with Crippen molar-refractivity contribution in [2.75, 3.05) is 6.54 Å². The standard InChI is InChI=1S/C14H23N3/c1-11-13(16-9-8-15-11)12(2)17-10-14(3)6-4-5-7-14/h8-9,12,17H,4-7,10H2,1-3H3. The molecule has 17 heavy (non-hydrogen) atoms. The number of aryl methyl sites for hydroxylation is 1. The highest BCUT2D eigenvalue weighted by Crippen LogP contribution is 2.37. The minimum atomic E-state index is 0.293. The monoisotopic (exact) mass is 233 g/mol. The van der Waals surface area contributed by atoms with E-state index in [1.807, 2.05) is 6.92 Å². The van der Waals surface area contributed by atoms with Gasteiger partial charge in [-0.2, -0.15) is 0 Å². The summed E-state index contributed by atoms with van der Waals surface area (Å²) in [5, 5.41) is 3.62. The van der Waals surface area contributed by atoms with Crippen LogP contribution in [0.15, 0.2) is 12.4 Å². The van der Waals surface area contributed by atoms with Gasteiger partial charge in [0.15, 0.2) is 0 Å². The molecule has 1 N–H and O–H groups in total. The van der Waals surface area contributed by atoms with Crippen LogP contribution in [0.2, 0.25) is 0 Å². The molecule has 0 aromatic carbocycles. The van der Waals surface area contributed by atoms with Crippen molar-refractivity contribution in [3.05, 3.63) is 23.8 Å². The third kappa shape index (κ3) is 3.03. The number of aromatic nitrogens is 2. The zero-order valence-corrected chi connectivity index (χ0v) is 11.2. The third-order valence-corrected chi connectivity index (χ3v) is 3.98. The Morgan fingerprint density at radius 1 is 1.29 bits per heavy atom. The summed E-state index contributed by atoms with van der Waals surface area (Å²) in [5.41, 5.74) is 2.60. The third-order valence-electron chi connectivity index (χ3n) is 3.98. The maximum Gasteiger partial charge on any atom is 0.0782 e. The van der Waals surface area contributed by atoms with E-state index in [1.165, 1.54) is 25.7 Å². The lowest BCUT2D eigenvalue weighted by molar-refractivity contribution is 0.300. The van der Waals surface area contributed by atoms with E-state index in [-0.39, 0.29) is 0 Å². The molecule has 1 aliphatic rings. The average molecular weight is 233 g/mol. The fourth-order valence-electron chi connectivity index (χ4n) is 2.74. The first-order valence-electron chi connectivity index (χ1n) is 6.62. The number of hydrogen-bond donors (Lipinski definition) is 1. The molecule has 1 fully saturated rings. The predicted octanol–water partition coefficient (Wildman–Crippen LogP) is 3.02. The van der Waals surface area contributed by atoms with Gasteiger partial charge >= 0.3 is 0 Å². The molecule has 1 aliphatic carbocycles. The van der Waals surface area contributed by atoms with Gasteiger partial charge in [-0.1, -0.05) is 19.8 Å². The molecule has 1 atom stereocenters. The van der Waals surface area contributed by atoms with E-state index in [1.54, 1.807) is 12.4 Å². The highest BCUT2D eigenvalue weighted by atomic mass is 15.0. The molecule has 0 aliphatic heterocycles. The zero-order chi connectivity index (χ0) is 12.3. The van der Waals surface area contributed by atoms with Gasteiger partial charge < -0.3 is 5.32 Å². The fraction of sp³-hybridized carbons (Fsp3) is 0.714. The molecule has 0 amide bonds. The van der Waals surface area contributed by atoms with Gasteiger partial charge in [0.1, 0.15) is 0 Å². The van der Waals surface area contributed by atoms with E-state index < -0.39 is 0 Å². The van der Waals surface area contributed by atoms with Gasteiger partial charge in [0.25, 0.3) is 0 Å². The minimum absolute atomic E-state index is 0.293. The molecule has 3 nitrogen and oxygen atoms in total. The smallest absolute Gasteiger partial charge is 0.0782 e. The van der Waals surface area contributed by atoms with Crippen LogP contribution in [0.5, 0.6) is 0 Å². The Kier molecular flexibility index (Phi) is 3.77. The summed E-state index contributed by atoms with van der Waals surface area (Å²) in [5.74, 6) is 0. The van der Waals surface area contributed by atoms with E-state index in [2.05, 4.69) is 29.1 Å². The molecule has 0 radical (unpaired) electrons. The van der Waals surface area contributed by atoms with Crippen molar-refractivity contribution in [1.29, 1.82) is 0 Å². The quantitative estimate of drug-likeness (QED) is 0.868. The Hall–Kier alpha value is -0.960. The lowest BCUT2D eigenvalue weighted by Gasteiger charge is -2.26. The largest absolute Gasteiger partial charge is 0.308 e. The van der Waals surface area contributed by atoms with Crippen molar-refractivity contribution >= 4 is 0 Å². The van der Waals surface area contributed by atoms with Crippen molar-refractivity contribution in [3.8, 4) is 0 Å². The van der Waals surface area contributed by atoms with Gasteiger partial charge in [-0.05, 0) is 32.1 Å². The Labute approximate surface area is 104 Å². The molecule has 1 unspecified atom stereocenters. The second kappa shape index (κ2) is 5.13. The van der Waals surface area contributed by atoms with Crippen LogP contribution in [0, 0.1) is 12.3 Å². The topological polar surface area (TPSA) is 37.8 Å². The van der Waals surface area contributed by atoms with Crippen LogP contribution < -0.4 is 5.32 Å². The minimum Gasteiger partial charge on any atom is -0.308 e. The molecule has 1 heterocycles. The average Bonchev–Trinajstić information content (AvgIpc) is 2.74. The summed E-state index contributed by atoms with van der Waals surface area (Å²) in [6.45, 7) is 7.68. The van der Waals surface area contributed by atoms with E-state index in [4.69, 9.17) is 0 Å². The number of hydrogen-bond acceptors (Lipinski definition) is 3. The maximum absolute atomic E-state index is 4.42. The van der Waals surface area contributed by atoms with Gasteiger partial charge in [0.05, 0.1) is 11.4 Å². The van der Waals surface area contributed by atoms with Crippen LogP contribution in [0.3, 0.4) is 0 Å². The molecular formula is C14H23N3. The molecule has 2 rings (SSSR count). The first-order valence-corrected chi connectivity index (χ1v) is 6.62. The van der Waals surface area contributed by atoms with Gasteiger partial charge in [0.2, 0.25) is 0 Å². The molecule has 3 heteroatoms. The summed E-state index contributed by atoms with van der Waals surface area (Å²) in [6.07, 6.45) is 9.01. The molecule has 1 saturated carbocycles. The molecular weight excluding hydrogens is 210 g/mol. The van der Waals surface area contributed by atoms with Crippen LogP contribution in [-0.4, -0.2) is 16.5 Å². The second-order valence-corrected chi connectivity index (χ2v) is 5.65. The Balaban J connectivity index is 1.93. The van der Waals surface area contributed by atoms with Crippen molar-refractivity contribution in [2.45, 2.75) is 52.5 Å². The summed E-state index contributed by atoms with van der Waals surface area (Å²) in [4.78, 5) is 8.72. The zero-order valence-electron chi connectivity index (χ0n) is 11.2. The summed E-state index contributed by atoms with van der Waals surface area (Å²) in [6, 6.07) is 0.293. The number of nitrogens with zero attached hydrogens (tertiary/aromatic N) is 2. The predicted molar refractivity (Wildman–Crippen MR) is 69.8 cm³/mol. The Bertz CT molecular complexity index is 369. The lowest BCUT2D eigenvalue weighted by atomic mass is 9.88. The van der Waals surface area contributed by atoms with Crippen molar-refractivity contribution in [2.24, 2.45) is 5.41 Å². The van der Waals surface area contributed by atoms with Gasteiger partial charge in [-0.15, -0.1) is 0 Å². The lowest BCUT2D eigenvalue weighted by Crippen LogP contribution is -2.32. The highest BCUT2D eigenvalue weighted by molar-refractivity contribution is 5.12. The number of rotatable bonds is 4. The van der Waals surface area contributed by atoms with Crippen molar-refractivity contribution < 1.29 is 0 Å². The van der Waals surface area contributed by atoms with Crippen LogP contribution in [0.1, 0.15) is 57.0 Å². The van der Waals surface area contributed by atoms with Gasteiger partial charge in [0, 0.05) is 25.0 Å². The number of nitrogens with one attached hydrogen (secondary N) is 1. The van der Waals surface area contributed by atoms with Crippen molar-refractivity contribution in [3.63, 3.8) is 0 Å². The van der Waals surface area contributed by atoms with Crippen LogP contribution >= 0.6 is 0 Å². The molecule has 0 bridgehead atoms. The molecule has 1 aromatic rings. The summed E-state index contributed by atoms with van der Waals surface area (Å²) in [7, 11) is 0. The van der Waals surface area contributed by atoms with Crippen molar-refractivity contribution in [1.82, 2.24) is 15.3 Å². The summed E-state index contributed by atoms with van der Waals surface area (Å²) < 4.78 is 0. The first kappa shape index (κ1) is 12.5. The van der Waals surface area contributed by atoms with E-state index in [9.17, 15) is 0 Å². The van der Waals surface area contributed by atoms with Crippen LogP contribution in [0.4, 0.5) is 0 Å². The van der Waals surface area contributed by atoms with E-state index in [0.29, 0.717) is 11.5 Å². The van der Waals surface area contributed by atoms with E-state index >= 15 is 0 Å². The molecule has 94 valence electrons. The van der Waals surface area contributed by atoms with E-state index in [0.717, 1.165) is 17.9 Å². The summed E-state index contributed by atoms with van der Waals surface area (Å²) >= 11 is 0. The maximum atomic E-state index is 4.42. The SMILES string of the molecule is Cc1nccnc1C(C)NCC1(C)CCCC1. The van der Waals surface area contributed by atoms with Crippen LogP contribution in [-0.2, 0) is 0 Å². The van der Waals surface area contributed by atoms with Crippen LogP contribution in [0.25, 0.3) is 0 Å². The highest BCUT2D eigenvalue weighted by Gasteiger charge is 2.28. The molecule has 1 aromatic heterocycles. The van der Waals surface area contributed by atoms with Gasteiger partial charge in [-0.25, -0.2) is 0 Å². The van der Waals surface area contributed by atoms with Gasteiger partial charge in [-0.3, -0.25) is 9.97 Å². The molecule has 0 saturated heterocycles. The molecule has 0 spiro atoms. The Morgan fingerprint density at radius 2 is 1.94 bits per heavy atom.